The van der Waals surface area contributed by atoms with Gasteiger partial charge in [-0.1, -0.05) is 53.9 Å². The molecule has 0 aliphatic carbocycles. The van der Waals surface area contributed by atoms with E-state index in [4.69, 9.17) is 0 Å². The Bertz CT molecular complexity index is 537. The maximum absolute atomic E-state index is 4.44. The van der Waals surface area contributed by atoms with Crippen molar-refractivity contribution in [2.75, 3.05) is 0 Å². The van der Waals surface area contributed by atoms with Gasteiger partial charge in [0.05, 0.1) is 0 Å². The van der Waals surface area contributed by atoms with Crippen LogP contribution >= 0.6 is 47.8 Å². The number of hydrogen-bond acceptors (Lipinski definition) is 1. The zero-order valence-corrected chi connectivity index (χ0v) is 14.6. The predicted octanol–water partition coefficient (Wildman–Crippen LogP) is 5.59. The van der Waals surface area contributed by atoms with Crippen molar-refractivity contribution in [2.24, 2.45) is 0 Å². The predicted molar refractivity (Wildman–Crippen MR) is 86.2 cm³/mol. The molecule has 0 N–H and O–H groups in total. The van der Waals surface area contributed by atoms with Crippen LogP contribution in [0.3, 0.4) is 0 Å². The lowest BCUT2D eigenvalue weighted by Gasteiger charge is -2.12. The Hall–Kier alpha value is -0.190. The van der Waals surface area contributed by atoms with Gasteiger partial charge in [-0.3, -0.25) is 4.98 Å². The van der Waals surface area contributed by atoms with Gasteiger partial charge in [0.2, 0.25) is 0 Å². The SMILES string of the molecule is Cc1ccc(CC(Br)c2cc(Br)ccc2Br)nc1. The highest BCUT2D eigenvalue weighted by Gasteiger charge is 2.13. The van der Waals surface area contributed by atoms with E-state index >= 15 is 0 Å². The van der Waals surface area contributed by atoms with Crippen LogP contribution in [0.5, 0.6) is 0 Å². The summed E-state index contributed by atoms with van der Waals surface area (Å²) in [5.74, 6) is 0. The minimum atomic E-state index is 0.250. The molecule has 0 radical (unpaired) electrons. The van der Waals surface area contributed by atoms with Crippen molar-refractivity contribution in [1.29, 1.82) is 0 Å². The van der Waals surface area contributed by atoms with Gasteiger partial charge >= 0.3 is 0 Å². The Morgan fingerprint density at radius 1 is 1.17 bits per heavy atom. The third-order valence-corrected chi connectivity index (χ3v) is 4.69. The molecule has 1 heterocycles. The first-order valence-electron chi connectivity index (χ1n) is 5.57. The van der Waals surface area contributed by atoms with Crippen molar-refractivity contribution in [2.45, 2.75) is 18.2 Å². The largest absolute Gasteiger partial charge is 0.261 e. The van der Waals surface area contributed by atoms with Crippen molar-refractivity contribution in [3.05, 3.63) is 62.3 Å². The molecule has 0 bridgehead atoms. The van der Waals surface area contributed by atoms with E-state index in [-0.39, 0.29) is 4.83 Å². The van der Waals surface area contributed by atoms with Gasteiger partial charge in [-0.2, -0.15) is 0 Å². The molecule has 18 heavy (non-hydrogen) atoms. The summed E-state index contributed by atoms with van der Waals surface area (Å²) in [5, 5.41) is 0. The van der Waals surface area contributed by atoms with E-state index in [0.717, 1.165) is 21.1 Å². The van der Waals surface area contributed by atoms with Crippen LogP contribution in [0.1, 0.15) is 21.6 Å². The van der Waals surface area contributed by atoms with Gasteiger partial charge in [-0.05, 0) is 42.3 Å². The van der Waals surface area contributed by atoms with Crippen LogP contribution in [-0.2, 0) is 6.42 Å². The summed E-state index contributed by atoms with van der Waals surface area (Å²) >= 11 is 10.8. The van der Waals surface area contributed by atoms with Gasteiger partial charge in [0.15, 0.2) is 0 Å². The summed E-state index contributed by atoms with van der Waals surface area (Å²) in [5.41, 5.74) is 3.51. The molecular weight excluding hydrogens is 422 g/mol. The first-order valence-corrected chi connectivity index (χ1v) is 8.07. The average Bonchev–Trinajstić information content (AvgIpc) is 2.35. The van der Waals surface area contributed by atoms with E-state index in [1.165, 1.54) is 11.1 Å². The van der Waals surface area contributed by atoms with Crippen LogP contribution in [0.25, 0.3) is 0 Å². The zero-order valence-electron chi connectivity index (χ0n) is 9.83. The molecule has 0 aliphatic heterocycles. The first-order chi connectivity index (χ1) is 8.56. The number of aromatic nitrogens is 1. The topological polar surface area (TPSA) is 12.9 Å². The summed E-state index contributed by atoms with van der Waals surface area (Å²) < 4.78 is 2.20. The lowest BCUT2D eigenvalue weighted by Crippen LogP contribution is -1.99. The molecule has 1 atom stereocenters. The third kappa shape index (κ3) is 3.65. The molecule has 0 spiro atoms. The molecular formula is C14H12Br3N. The fraction of sp³-hybridized carbons (Fsp3) is 0.214. The fourth-order valence-electron chi connectivity index (χ4n) is 1.67. The number of rotatable bonds is 3. The monoisotopic (exact) mass is 431 g/mol. The minimum absolute atomic E-state index is 0.250. The zero-order chi connectivity index (χ0) is 13.1. The number of pyridine rings is 1. The maximum atomic E-state index is 4.44. The van der Waals surface area contributed by atoms with Crippen molar-refractivity contribution in [3.8, 4) is 0 Å². The molecule has 94 valence electrons. The normalized spacial score (nSPS) is 12.4. The van der Waals surface area contributed by atoms with Crippen LogP contribution in [0, 0.1) is 6.92 Å². The van der Waals surface area contributed by atoms with Gasteiger partial charge in [0.1, 0.15) is 0 Å². The second-order valence-electron chi connectivity index (χ2n) is 4.16. The average molecular weight is 434 g/mol. The van der Waals surface area contributed by atoms with Gasteiger partial charge in [-0.25, -0.2) is 0 Å². The Balaban J connectivity index is 2.18. The van der Waals surface area contributed by atoms with E-state index in [2.05, 4.69) is 77.0 Å². The molecule has 1 aromatic heterocycles. The molecule has 4 heteroatoms. The minimum Gasteiger partial charge on any atom is -0.261 e. The van der Waals surface area contributed by atoms with Crippen LogP contribution in [0.2, 0.25) is 0 Å². The summed E-state index contributed by atoms with van der Waals surface area (Å²) in [6.45, 7) is 2.05. The molecule has 1 unspecified atom stereocenters. The Morgan fingerprint density at radius 3 is 2.61 bits per heavy atom. The number of hydrogen-bond donors (Lipinski definition) is 0. The second kappa shape index (κ2) is 6.31. The molecule has 0 amide bonds. The standard InChI is InChI=1S/C14H12Br3N/c1-9-2-4-11(18-8-9)7-14(17)12-6-10(15)3-5-13(12)16/h2-6,8,14H,7H2,1H3. The Morgan fingerprint density at radius 2 is 1.94 bits per heavy atom. The summed E-state index contributed by atoms with van der Waals surface area (Å²) in [6.07, 6.45) is 2.78. The molecule has 0 fully saturated rings. The van der Waals surface area contributed by atoms with E-state index in [9.17, 15) is 0 Å². The Kier molecular flexibility index (Phi) is 4.98. The van der Waals surface area contributed by atoms with E-state index in [1.54, 1.807) is 0 Å². The van der Waals surface area contributed by atoms with E-state index in [0.29, 0.717) is 0 Å². The summed E-state index contributed by atoms with van der Waals surface area (Å²) in [7, 11) is 0. The van der Waals surface area contributed by atoms with Crippen molar-refractivity contribution < 1.29 is 0 Å². The number of alkyl halides is 1. The number of aryl methyl sites for hydroxylation is 1. The Labute approximate surface area is 132 Å². The molecule has 1 nitrogen and oxygen atoms in total. The van der Waals surface area contributed by atoms with Gasteiger partial charge in [-0.15, -0.1) is 0 Å². The number of halogens is 3. The first kappa shape index (κ1) is 14.2. The molecule has 2 aromatic rings. The molecule has 1 aromatic carbocycles. The van der Waals surface area contributed by atoms with E-state index in [1.807, 2.05) is 19.2 Å². The quantitative estimate of drug-likeness (QED) is 0.574. The highest BCUT2D eigenvalue weighted by molar-refractivity contribution is 9.11. The summed E-state index contributed by atoms with van der Waals surface area (Å²) in [6, 6.07) is 10.4. The lowest BCUT2D eigenvalue weighted by atomic mass is 10.1. The van der Waals surface area contributed by atoms with Crippen LogP contribution in [0.15, 0.2) is 45.5 Å². The second-order valence-corrected chi connectivity index (χ2v) is 7.04. The van der Waals surface area contributed by atoms with Crippen molar-refractivity contribution in [3.63, 3.8) is 0 Å². The van der Waals surface area contributed by atoms with Crippen molar-refractivity contribution in [1.82, 2.24) is 4.98 Å². The van der Waals surface area contributed by atoms with Gasteiger partial charge < -0.3 is 0 Å². The number of nitrogens with zero attached hydrogens (tertiary/aromatic N) is 1. The number of benzene rings is 1. The van der Waals surface area contributed by atoms with Crippen LogP contribution in [-0.4, -0.2) is 4.98 Å². The maximum Gasteiger partial charge on any atom is 0.0462 e. The van der Waals surface area contributed by atoms with Gasteiger partial charge in [0, 0.05) is 32.1 Å². The lowest BCUT2D eigenvalue weighted by molar-refractivity contribution is 0.897. The molecule has 0 saturated heterocycles. The fourth-order valence-corrected chi connectivity index (χ4v) is 3.59. The van der Waals surface area contributed by atoms with Crippen molar-refractivity contribution >= 4 is 47.8 Å². The van der Waals surface area contributed by atoms with Crippen LogP contribution in [0.4, 0.5) is 0 Å². The van der Waals surface area contributed by atoms with E-state index < -0.39 is 0 Å². The van der Waals surface area contributed by atoms with Crippen LogP contribution < -0.4 is 0 Å². The third-order valence-electron chi connectivity index (χ3n) is 2.66. The highest BCUT2D eigenvalue weighted by atomic mass is 79.9. The highest BCUT2D eigenvalue weighted by Crippen LogP contribution is 2.34. The summed E-state index contributed by atoms with van der Waals surface area (Å²) in [4.78, 5) is 4.69. The molecule has 2 rings (SSSR count). The van der Waals surface area contributed by atoms with Gasteiger partial charge in [0.25, 0.3) is 0 Å². The smallest absolute Gasteiger partial charge is 0.0462 e. The molecule has 0 saturated carbocycles. The molecule has 0 aliphatic rings.